The zero-order valence-electron chi connectivity index (χ0n) is 11.6. The van der Waals surface area contributed by atoms with E-state index in [2.05, 4.69) is 4.90 Å². The topological polar surface area (TPSA) is 72.4 Å². The van der Waals surface area contributed by atoms with Crippen LogP contribution in [0.2, 0.25) is 0 Å². The molecule has 1 aromatic carbocycles. The Bertz CT molecular complexity index is 474. The Morgan fingerprint density at radius 1 is 1.20 bits per heavy atom. The van der Waals surface area contributed by atoms with E-state index < -0.39 is 0 Å². The van der Waals surface area contributed by atoms with Crippen LogP contribution in [0, 0.1) is 10.1 Å². The van der Waals surface area contributed by atoms with Crippen LogP contribution in [-0.4, -0.2) is 34.5 Å². The van der Waals surface area contributed by atoms with E-state index in [1.807, 2.05) is 12.1 Å². The van der Waals surface area contributed by atoms with Gasteiger partial charge in [0.2, 0.25) is 0 Å². The minimum absolute atomic E-state index is 0.165. The van der Waals surface area contributed by atoms with Crippen molar-refractivity contribution in [1.82, 2.24) is 4.90 Å². The molecule has 0 saturated carbocycles. The summed E-state index contributed by atoms with van der Waals surface area (Å²) in [7, 11) is 0. The highest BCUT2D eigenvalue weighted by molar-refractivity contribution is 5.33. The summed E-state index contributed by atoms with van der Waals surface area (Å²) in [5, 5.41) is 10.6. The van der Waals surface area contributed by atoms with E-state index in [1.54, 1.807) is 12.1 Å². The first-order valence-electron chi connectivity index (χ1n) is 7.38. The second-order valence-corrected chi connectivity index (χ2v) is 6.03. The highest BCUT2D eigenvalue weighted by atomic mass is 16.6. The Balaban J connectivity index is 1.58. The summed E-state index contributed by atoms with van der Waals surface area (Å²) >= 11 is 0. The first kappa shape index (κ1) is 13.5. The molecule has 0 aromatic heterocycles. The van der Waals surface area contributed by atoms with E-state index >= 15 is 0 Å². The fraction of sp³-hybridized carbons (Fsp3) is 0.600. The van der Waals surface area contributed by atoms with Crippen molar-refractivity contribution in [3.63, 3.8) is 0 Å². The molecule has 20 heavy (non-hydrogen) atoms. The van der Waals surface area contributed by atoms with Gasteiger partial charge in [0.15, 0.2) is 0 Å². The number of hydrogen-bond acceptors (Lipinski definition) is 4. The molecule has 0 amide bonds. The molecule has 5 nitrogen and oxygen atoms in total. The lowest BCUT2D eigenvalue weighted by molar-refractivity contribution is -0.384. The van der Waals surface area contributed by atoms with Crippen molar-refractivity contribution >= 4 is 5.69 Å². The molecule has 0 spiro atoms. The third kappa shape index (κ3) is 2.69. The maximum absolute atomic E-state index is 10.6. The van der Waals surface area contributed by atoms with Crippen LogP contribution in [0.15, 0.2) is 24.3 Å². The summed E-state index contributed by atoms with van der Waals surface area (Å²) in [6.07, 6.45) is 5.75. The summed E-state index contributed by atoms with van der Waals surface area (Å²) in [5.41, 5.74) is 7.42. The van der Waals surface area contributed by atoms with Crippen LogP contribution in [0.25, 0.3) is 0 Å². The molecule has 2 saturated heterocycles. The number of nitrogens with two attached hydrogens (primary N) is 1. The van der Waals surface area contributed by atoms with Crippen LogP contribution in [0.1, 0.15) is 31.2 Å². The molecular weight excluding hydrogens is 254 g/mol. The summed E-state index contributed by atoms with van der Waals surface area (Å²) < 4.78 is 0. The van der Waals surface area contributed by atoms with Gasteiger partial charge in [-0.3, -0.25) is 15.0 Å². The van der Waals surface area contributed by atoms with Crippen molar-refractivity contribution in [3.8, 4) is 0 Å². The minimum atomic E-state index is -0.351. The molecule has 3 rings (SSSR count). The van der Waals surface area contributed by atoms with Gasteiger partial charge in [0.1, 0.15) is 0 Å². The SMILES string of the molecule is NC1CC2CCC(C1)N2CCc1ccc([N+](=O)[O-])cc1. The molecule has 2 aliphatic rings. The maximum Gasteiger partial charge on any atom is 0.269 e. The number of benzene rings is 1. The molecule has 5 heteroatoms. The van der Waals surface area contributed by atoms with Crippen molar-refractivity contribution in [1.29, 1.82) is 0 Å². The molecule has 108 valence electrons. The minimum Gasteiger partial charge on any atom is -0.328 e. The second kappa shape index (κ2) is 5.50. The van der Waals surface area contributed by atoms with E-state index in [-0.39, 0.29) is 10.6 Å². The number of nitro groups is 1. The van der Waals surface area contributed by atoms with Crippen molar-refractivity contribution < 1.29 is 4.92 Å². The van der Waals surface area contributed by atoms with Gasteiger partial charge in [-0.2, -0.15) is 0 Å². The van der Waals surface area contributed by atoms with Gasteiger partial charge < -0.3 is 5.73 Å². The van der Waals surface area contributed by atoms with Crippen LogP contribution in [0.5, 0.6) is 0 Å². The van der Waals surface area contributed by atoms with Crippen LogP contribution in [0.3, 0.4) is 0 Å². The molecule has 2 bridgehead atoms. The Morgan fingerprint density at radius 3 is 2.35 bits per heavy atom. The van der Waals surface area contributed by atoms with E-state index in [4.69, 9.17) is 5.73 Å². The van der Waals surface area contributed by atoms with Crippen molar-refractivity contribution in [2.24, 2.45) is 5.73 Å². The molecule has 1 aromatic rings. The lowest BCUT2D eigenvalue weighted by Crippen LogP contribution is -2.48. The second-order valence-electron chi connectivity index (χ2n) is 6.03. The average Bonchev–Trinajstić information content (AvgIpc) is 2.67. The third-order valence-electron chi connectivity index (χ3n) is 4.73. The standard InChI is InChI=1S/C15H21N3O2/c16-12-9-14-5-6-15(10-12)17(14)8-7-11-1-3-13(4-2-11)18(19)20/h1-4,12,14-15H,5-10,16H2. The first-order valence-corrected chi connectivity index (χ1v) is 7.38. The summed E-state index contributed by atoms with van der Waals surface area (Å²) in [5.74, 6) is 0. The average molecular weight is 275 g/mol. The number of fused-ring (bicyclic) bond motifs is 2. The Morgan fingerprint density at radius 2 is 1.80 bits per heavy atom. The number of rotatable bonds is 4. The van der Waals surface area contributed by atoms with Crippen LogP contribution in [-0.2, 0) is 6.42 Å². The van der Waals surface area contributed by atoms with Crippen LogP contribution in [0.4, 0.5) is 5.69 Å². The van der Waals surface area contributed by atoms with Gasteiger partial charge in [0.05, 0.1) is 4.92 Å². The zero-order chi connectivity index (χ0) is 14.1. The first-order chi connectivity index (χ1) is 9.63. The smallest absolute Gasteiger partial charge is 0.269 e. The van der Waals surface area contributed by atoms with Gasteiger partial charge >= 0.3 is 0 Å². The number of nitrogens with zero attached hydrogens (tertiary/aromatic N) is 2. The highest BCUT2D eigenvalue weighted by Gasteiger charge is 2.38. The molecule has 2 atom stereocenters. The largest absolute Gasteiger partial charge is 0.328 e. The van der Waals surface area contributed by atoms with Crippen LogP contribution >= 0.6 is 0 Å². The quantitative estimate of drug-likeness (QED) is 0.674. The third-order valence-corrected chi connectivity index (χ3v) is 4.73. The summed E-state index contributed by atoms with van der Waals surface area (Å²) in [6, 6.07) is 8.61. The molecule has 0 aliphatic carbocycles. The van der Waals surface area contributed by atoms with Crippen molar-refractivity contribution in [2.45, 2.75) is 50.2 Å². The Kier molecular flexibility index (Phi) is 3.72. The van der Waals surface area contributed by atoms with E-state index in [1.165, 1.54) is 18.4 Å². The molecular formula is C15H21N3O2. The van der Waals surface area contributed by atoms with Gasteiger partial charge in [-0.05, 0) is 37.7 Å². The van der Waals surface area contributed by atoms with Gasteiger partial charge in [-0.15, -0.1) is 0 Å². The molecule has 2 unspecified atom stereocenters. The molecule has 2 heterocycles. The predicted molar refractivity (Wildman–Crippen MR) is 77.5 cm³/mol. The predicted octanol–water partition coefficient (Wildman–Crippen LogP) is 2.09. The van der Waals surface area contributed by atoms with Gasteiger partial charge in [0, 0.05) is 36.8 Å². The zero-order valence-corrected chi connectivity index (χ0v) is 11.6. The van der Waals surface area contributed by atoms with Crippen molar-refractivity contribution in [3.05, 3.63) is 39.9 Å². The Hall–Kier alpha value is -1.46. The van der Waals surface area contributed by atoms with Crippen molar-refractivity contribution in [2.75, 3.05) is 6.54 Å². The fourth-order valence-corrected chi connectivity index (χ4v) is 3.72. The number of nitro benzene ring substituents is 1. The summed E-state index contributed by atoms with van der Waals surface area (Å²) in [6.45, 7) is 1.04. The summed E-state index contributed by atoms with van der Waals surface area (Å²) in [4.78, 5) is 12.9. The monoisotopic (exact) mass is 275 g/mol. The lowest BCUT2D eigenvalue weighted by Gasteiger charge is -2.37. The number of hydrogen-bond donors (Lipinski definition) is 1. The molecule has 2 N–H and O–H groups in total. The Labute approximate surface area is 118 Å². The molecule has 0 radical (unpaired) electrons. The normalized spacial score (nSPS) is 29.6. The molecule has 2 aliphatic heterocycles. The van der Waals surface area contributed by atoms with Crippen LogP contribution < -0.4 is 5.73 Å². The van der Waals surface area contributed by atoms with Gasteiger partial charge in [0.25, 0.3) is 5.69 Å². The van der Waals surface area contributed by atoms with E-state index in [0.717, 1.165) is 25.8 Å². The van der Waals surface area contributed by atoms with Gasteiger partial charge in [-0.1, -0.05) is 12.1 Å². The van der Waals surface area contributed by atoms with Gasteiger partial charge in [-0.25, -0.2) is 0 Å². The van der Waals surface area contributed by atoms with E-state index in [0.29, 0.717) is 18.1 Å². The molecule has 2 fully saturated rings. The lowest BCUT2D eigenvalue weighted by atomic mass is 9.97. The van der Waals surface area contributed by atoms with E-state index in [9.17, 15) is 10.1 Å². The number of piperidine rings is 1. The fourth-order valence-electron chi connectivity index (χ4n) is 3.72. The highest BCUT2D eigenvalue weighted by Crippen LogP contribution is 2.34. The number of non-ortho nitro benzene ring substituents is 1. The maximum atomic E-state index is 10.6.